The fourth-order valence-electron chi connectivity index (χ4n) is 3.67. The Morgan fingerprint density at radius 2 is 1.90 bits per heavy atom. The molecule has 112 valence electrons. The van der Waals surface area contributed by atoms with Crippen LogP contribution in [0.2, 0.25) is 0 Å². The van der Waals surface area contributed by atoms with Gasteiger partial charge in [-0.15, -0.1) is 0 Å². The zero-order chi connectivity index (χ0) is 14.9. The molecule has 1 saturated carbocycles. The van der Waals surface area contributed by atoms with Crippen LogP contribution in [0.15, 0.2) is 24.3 Å². The Hall–Kier alpha value is -1.42. The molecule has 1 atom stereocenters. The molecule has 0 aliphatic heterocycles. The van der Waals surface area contributed by atoms with Crippen molar-refractivity contribution in [3.63, 3.8) is 0 Å². The Labute approximate surface area is 131 Å². The second-order valence-electron chi connectivity index (χ2n) is 6.35. The number of nitrogens with one attached hydrogen (secondary N) is 1. The van der Waals surface area contributed by atoms with Gasteiger partial charge >= 0.3 is 0 Å². The van der Waals surface area contributed by atoms with Crippen LogP contribution >= 0.6 is 12.2 Å². The van der Waals surface area contributed by atoms with Gasteiger partial charge in [-0.2, -0.15) is 0 Å². The Morgan fingerprint density at radius 1 is 1.24 bits per heavy atom. The second kappa shape index (κ2) is 5.76. The van der Waals surface area contributed by atoms with Gasteiger partial charge in [-0.1, -0.05) is 49.3 Å². The molecule has 0 spiro atoms. The fourth-order valence-corrected chi connectivity index (χ4v) is 3.93. The number of benzene rings is 1. The third-order valence-corrected chi connectivity index (χ3v) is 5.40. The van der Waals surface area contributed by atoms with E-state index >= 15 is 0 Å². The molecular weight excluding hydrogens is 280 g/mol. The lowest BCUT2D eigenvalue weighted by atomic mass is 9.83. The molecule has 0 aromatic heterocycles. The summed E-state index contributed by atoms with van der Waals surface area (Å²) in [7, 11) is 0. The van der Waals surface area contributed by atoms with Crippen molar-refractivity contribution >= 4 is 23.1 Å². The molecule has 2 aliphatic rings. The van der Waals surface area contributed by atoms with E-state index in [2.05, 4.69) is 23.5 Å². The summed E-state index contributed by atoms with van der Waals surface area (Å²) in [5.74, 6) is 0.172. The highest BCUT2D eigenvalue weighted by molar-refractivity contribution is 7.80. The SMILES string of the molecule is NC(=S)C1(NC(=O)C2CCc3ccccc3C2)CCCC1. The first-order valence-electron chi connectivity index (χ1n) is 7.79. The lowest BCUT2D eigenvalue weighted by Crippen LogP contribution is -2.56. The Morgan fingerprint density at radius 3 is 2.57 bits per heavy atom. The molecule has 1 aromatic carbocycles. The minimum Gasteiger partial charge on any atom is -0.391 e. The first kappa shape index (κ1) is 14.5. The average Bonchev–Trinajstić information content (AvgIpc) is 2.96. The summed E-state index contributed by atoms with van der Waals surface area (Å²) in [5, 5.41) is 3.19. The molecule has 2 aliphatic carbocycles. The molecule has 0 saturated heterocycles. The van der Waals surface area contributed by atoms with Gasteiger partial charge in [-0.3, -0.25) is 4.79 Å². The lowest BCUT2D eigenvalue weighted by molar-refractivity contribution is -0.126. The molecule has 0 bridgehead atoms. The summed E-state index contributed by atoms with van der Waals surface area (Å²) >= 11 is 5.21. The van der Waals surface area contributed by atoms with E-state index in [0.717, 1.165) is 44.9 Å². The van der Waals surface area contributed by atoms with Crippen molar-refractivity contribution in [3.8, 4) is 0 Å². The van der Waals surface area contributed by atoms with Gasteiger partial charge in [0.15, 0.2) is 0 Å². The van der Waals surface area contributed by atoms with Crippen molar-refractivity contribution in [1.82, 2.24) is 5.32 Å². The van der Waals surface area contributed by atoms with E-state index in [9.17, 15) is 4.79 Å². The maximum atomic E-state index is 12.6. The lowest BCUT2D eigenvalue weighted by Gasteiger charge is -2.32. The number of hydrogen-bond donors (Lipinski definition) is 2. The van der Waals surface area contributed by atoms with Crippen LogP contribution in [-0.4, -0.2) is 16.4 Å². The Kier molecular flexibility index (Phi) is 3.98. The third kappa shape index (κ3) is 2.82. The fraction of sp³-hybridized carbons (Fsp3) is 0.529. The topological polar surface area (TPSA) is 55.1 Å². The molecule has 1 unspecified atom stereocenters. The van der Waals surface area contributed by atoms with Crippen molar-refractivity contribution < 1.29 is 4.79 Å². The normalized spacial score (nSPS) is 23.3. The van der Waals surface area contributed by atoms with Gasteiger partial charge in [-0.05, 0) is 43.2 Å². The molecule has 3 N–H and O–H groups in total. The van der Waals surface area contributed by atoms with E-state index in [1.807, 2.05) is 6.07 Å². The highest BCUT2D eigenvalue weighted by atomic mass is 32.1. The van der Waals surface area contributed by atoms with Crippen LogP contribution in [0, 0.1) is 5.92 Å². The summed E-state index contributed by atoms with van der Waals surface area (Å²) in [6.45, 7) is 0. The summed E-state index contributed by atoms with van der Waals surface area (Å²) in [5.41, 5.74) is 8.16. The van der Waals surface area contributed by atoms with Crippen molar-refractivity contribution in [3.05, 3.63) is 35.4 Å². The standard InChI is InChI=1S/C17H22N2OS/c18-16(21)17(9-3-4-10-17)19-15(20)14-8-7-12-5-1-2-6-13(12)11-14/h1-2,5-6,14H,3-4,7-11H2,(H2,18,21)(H,19,20). The van der Waals surface area contributed by atoms with E-state index in [1.165, 1.54) is 11.1 Å². The zero-order valence-electron chi connectivity index (χ0n) is 12.2. The Balaban J connectivity index is 1.71. The van der Waals surface area contributed by atoms with Crippen molar-refractivity contribution in [2.45, 2.75) is 50.5 Å². The van der Waals surface area contributed by atoms with E-state index in [1.54, 1.807) is 0 Å². The summed E-state index contributed by atoms with van der Waals surface area (Å²) in [6.07, 6.45) is 6.67. The van der Waals surface area contributed by atoms with Gasteiger partial charge < -0.3 is 11.1 Å². The number of rotatable bonds is 3. The molecule has 21 heavy (non-hydrogen) atoms. The average molecular weight is 302 g/mol. The molecule has 3 rings (SSSR count). The number of nitrogens with two attached hydrogens (primary N) is 1. The molecule has 1 fully saturated rings. The van der Waals surface area contributed by atoms with Gasteiger partial charge in [0.2, 0.25) is 5.91 Å². The number of thiocarbonyl (C=S) groups is 1. The highest BCUT2D eigenvalue weighted by Gasteiger charge is 2.39. The smallest absolute Gasteiger partial charge is 0.224 e. The predicted molar refractivity (Wildman–Crippen MR) is 88.1 cm³/mol. The molecule has 1 aromatic rings. The van der Waals surface area contributed by atoms with Gasteiger partial charge in [0, 0.05) is 5.92 Å². The summed E-state index contributed by atoms with van der Waals surface area (Å²) < 4.78 is 0. The second-order valence-corrected chi connectivity index (χ2v) is 6.79. The number of carbonyl (C=O) groups excluding carboxylic acids is 1. The van der Waals surface area contributed by atoms with Gasteiger partial charge in [0.1, 0.15) is 0 Å². The van der Waals surface area contributed by atoms with Crippen LogP contribution in [0.25, 0.3) is 0 Å². The molecule has 3 nitrogen and oxygen atoms in total. The van der Waals surface area contributed by atoms with Crippen LogP contribution < -0.4 is 11.1 Å². The quantitative estimate of drug-likeness (QED) is 0.844. The van der Waals surface area contributed by atoms with Crippen molar-refractivity contribution in [1.29, 1.82) is 0 Å². The van der Waals surface area contributed by atoms with E-state index in [4.69, 9.17) is 18.0 Å². The number of amides is 1. The minimum atomic E-state index is -0.427. The van der Waals surface area contributed by atoms with Crippen LogP contribution in [0.1, 0.15) is 43.2 Å². The van der Waals surface area contributed by atoms with E-state index in [0.29, 0.717) is 4.99 Å². The van der Waals surface area contributed by atoms with Crippen molar-refractivity contribution in [2.75, 3.05) is 0 Å². The third-order valence-electron chi connectivity index (χ3n) is 5.01. The first-order valence-corrected chi connectivity index (χ1v) is 8.20. The molecular formula is C17H22N2OS. The van der Waals surface area contributed by atoms with Crippen LogP contribution in [0.4, 0.5) is 0 Å². The highest BCUT2D eigenvalue weighted by Crippen LogP contribution is 2.32. The maximum Gasteiger partial charge on any atom is 0.224 e. The van der Waals surface area contributed by atoms with Gasteiger partial charge in [0.05, 0.1) is 10.5 Å². The monoisotopic (exact) mass is 302 g/mol. The minimum absolute atomic E-state index is 0.0479. The zero-order valence-corrected chi connectivity index (χ0v) is 13.0. The van der Waals surface area contributed by atoms with Crippen molar-refractivity contribution in [2.24, 2.45) is 11.7 Å². The van der Waals surface area contributed by atoms with E-state index < -0.39 is 5.54 Å². The number of fused-ring (bicyclic) bond motifs is 1. The van der Waals surface area contributed by atoms with Crippen LogP contribution in [0.5, 0.6) is 0 Å². The van der Waals surface area contributed by atoms with Gasteiger partial charge in [0.25, 0.3) is 0 Å². The predicted octanol–water partition coefficient (Wildman–Crippen LogP) is 2.51. The number of aryl methyl sites for hydroxylation is 1. The summed E-state index contributed by atoms with van der Waals surface area (Å²) in [6, 6.07) is 8.41. The van der Waals surface area contributed by atoms with Gasteiger partial charge in [-0.25, -0.2) is 0 Å². The Bertz CT molecular complexity index is 564. The molecule has 4 heteroatoms. The molecule has 1 amide bonds. The van der Waals surface area contributed by atoms with Crippen LogP contribution in [0.3, 0.4) is 0 Å². The van der Waals surface area contributed by atoms with Crippen LogP contribution in [-0.2, 0) is 17.6 Å². The molecule has 0 heterocycles. The maximum absolute atomic E-state index is 12.6. The molecule has 0 radical (unpaired) electrons. The first-order chi connectivity index (χ1) is 10.1. The number of hydrogen-bond acceptors (Lipinski definition) is 2. The largest absolute Gasteiger partial charge is 0.391 e. The van der Waals surface area contributed by atoms with E-state index in [-0.39, 0.29) is 11.8 Å². The number of carbonyl (C=O) groups is 1. The summed E-state index contributed by atoms with van der Waals surface area (Å²) in [4.78, 5) is 13.1.